The van der Waals surface area contributed by atoms with E-state index in [1.807, 2.05) is 31.0 Å². The summed E-state index contributed by atoms with van der Waals surface area (Å²) in [5.74, 6) is 0.512. The van der Waals surface area contributed by atoms with E-state index in [2.05, 4.69) is 31.7 Å². The van der Waals surface area contributed by atoms with Gasteiger partial charge < -0.3 is 10.3 Å². The molecule has 3 aromatic rings. The fourth-order valence-electron chi connectivity index (χ4n) is 2.04. The van der Waals surface area contributed by atoms with E-state index in [1.54, 1.807) is 12.3 Å². The number of nitrogens with zero attached hydrogens (tertiary/aromatic N) is 4. The van der Waals surface area contributed by atoms with Crippen LogP contribution < -0.4 is 5.73 Å². The lowest BCUT2D eigenvalue weighted by atomic mass is 10.1. The van der Waals surface area contributed by atoms with E-state index in [0.717, 1.165) is 16.8 Å². The first-order valence-corrected chi connectivity index (χ1v) is 5.98. The molecule has 0 aromatic carbocycles. The van der Waals surface area contributed by atoms with E-state index < -0.39 is 0 Å². The van der Waals surface area contributed by atoms with E-state index in [9.17, 15) is 0 Å². The van der Waals surface area contributed by atoms with Gasteiger partial charge in [0.1, 0.15) is 5.82 Å². The number of anilines is 1. The lowest BCUT2D eigenvalue weighted by Crippen LogP contribution is -2.06. The molecule has 0 radical (unpaired) electrons. The number of pyridine rings is 1. The molecule has 0 spiro atoms. The molecule has 0 aliphatic heterocycles. The van der Waals surface area contributed by atoms with Crippen molar-refractivity contribution in [2.75, 3.05) is 5.73 Å². The number of H-pyrrole nitrogens is 1. The van der Waals surface area contributed by atoms with E-state index in [4.69, 9.17) is 5.73 Å². The Labute approximate surface area is 110 Å². The van der Waals surface area contributed by atoms with Gasteiger partial charge >= 0.3 is 0 Å². The van der Waals surface area contributed by atoms with Gasteiger partial charge in [-0.3, -0.25) is 5.10 Å². The van der Waals surface area contributed by atoms with Crippen molar-refractivity contribution in [3.63, 3.8) is 0 Å². The number of imidazole rings is 1. The van der Waals surface area contributed by atoms with Crippen LogP contribution in [0.5, 0.6) is 0 Å². The molecular formula is C13H14N6. The van der Waals surface area contributed by atoms with Crippen molar-refractivity contribution < 1.29 is 0 Å². The Hall–Kier alpha value is -2.63. The third-order valence-corrected chi connectivity index (χ3v) is 3.17. The maximum absolute atomic E-state index is 5.61. The first-order chi connectivity index (χ1) is 9.25. The van der Waals surface area contributed by atoms with Crippen LogP contribution in [0, 0.1) is 0 Å². The largest absolute Gasteiger partial charge is 0.384 e. The molecule has 0 saturated carbocycles. The van der Waals surface area contributed by atoms with Crippen molar-refractivity contribution in [2.45, 2.75) is 13.0 Å². The molecule has 0 amide bonds. The normalized spacial score (nSPS) is 12.5. The molecule has 0 aliphatic rings. The lowest BCUT2D eigenvalue weighted by molar-refractivity contribution is 0.645. The minimum Gasteiger partial charge on any atom is -0.384 e. The Balaban J connectivity index is 2.01. The van der Waals surface area contributed by atoms with E-state index in [-0.39, 0.29) is 6.04 Å². The van der Waals surface area contributed by atoms with Gasteiger partial charge in [0.05, 0.1) is 30.5 Å². The minimum atomic E-state index is 0.147. The van der Waals surface area contributed by atoms with Crippen LogP contribution in [0.1, 0.15) is 18.5 Å². The SMILES string of the molecule is CC(c1cn[nH]c1)n1cncc1-c1ccc(N)nc1. The maximum atomic E-state index is 5.61. The zero-order valence-electron chi connectivity index (χ0n) is 10.5. The maximum Gasteiger partial charge on any atom is 0.123 e. The van der Waals surface area contributed by atoms with Crippen LogP contribution >= 0.6 is 0 Å². The second-order valence-electron chi connectivity index (χ2n) is 4.37. The standard InChI is InChI=1S/C13H14N6/c1-9(11-5-17-18-6-11)19-8-15-7-12(19)10-2-3-13(14)16-4-10/h2-9H,1H3,(H2,14,16)(H,17,18). The van der Waals surface area contributed by atoms with Crippen molar-refractivity contribution in [3.8, 4) is 11.3 Å². The van der Waals surface area contributed by atoms with Gasteiger partial charge in [0.15, 0.2) is 0 Å². The van der Waals surface area contributed by atoms with E-state index in [1.165, 1.54) is 0 Å². The average Bonchev–Trinajstić information content (AvgIpc) is 3.10. The van der Waals surface area contributed by atoms with Crippen LogP contribution in [0.2, 0.25) is 0 Å². The van der Waals surface area contributed by atoms with Crippen LogP contribution in [0.4, 0.5) is 5.82 Å². The quantitative estimate of drug-likeness (QED) is 0.747. The van der Waals surface area contributed by atoms with Crippen molar-refractivity contribution in [1.82, 2.24) is 24.7 Å². The van der Waals surface area contributed by atoms with Crippen LogP contribution in [0.25, 0.3) is 11.3 Å². The second kappa shape index (κ2) is 4.56. The average molecular weight is 254 g/mol. The van der Waals surface area contributed by atoms with E-state index >= 15 is 0 Å². The highest BCUT2D eigenvalue weighted by molar-refractivity contribution is 5.59. The summed E-state index contributed by atoms with van der Waals surface area (Å²) in [5, 5.41) is 6.81. The molecule has 3 aromatic heterocycles. The molecule has 0 bridgehead atoms. The van der Waals surface area contributed by atoms with Gasteiger partial charge in [-0.25, -0.2) is 9.97 Å². The van der Waals surface area contributed by atoms with Crippen LogP contribution in [0.15, 0.2) is 43.2 Å². The number of aromatic amines is 1. The molecule has 3 heterocycles. The number of aromatic nitrogens is 5. The molecule has 0 fully saturated rings. The minimum absolute atomic E-state index is 0.147. The highest BCUT2D eigenvalue weighted by atomic mass is 15.1. The number of nitrogens with one attached hydrogen (secondary N) is 1. The summed E-state index contributed by atoms with van der Waals surface area (Å²) in [6.45, 7) is 2.10. The summed E-state index contributed by atoms with van der Waals surface area (Å²) in [5.41, 5.74) is 8.70. The lowest BCUT2D eigenvalue weighted by Gasteiger charge is -2.15. The topological polar surface area (TPSA) is 85.4 Å². The molecule has 0 aliphatic carbocycles. The van der Waals surface area contributed by atoms with Crippen molar-refractivity contribution in [1.29, 1.82) is 0 Å². The third-order valence-electron chi connectivity index (χ3n) is 3.17. The molecule has 19 heavy (non-hydrogen) atoms. The third kappa shape index (κ3) is 2.08. The molecule has 96 valence electrons. The molecule has 0 saturated heterocycles. The smallest absolute Gasteiger partial charge is 0.123 e. The van der Waals surface area contributed by atoms with Crippen LogP contribution in [-0.4, -0.2) is 24.7 Å². The number of nitrogen functional groups attached to an aromatic ring is 1. The van der Waals surface area contributed by atoms with Gasteiger partial charge in [0, 0.05) is 23.5 Å². The van der Waals surface area contributed by atoms with Gasteiger partial charge in [0.25, 0.3) is 0 Å². The number of rotatable bonds is 3. The molecule has 1 unspecified atom stereocenters. The first-order valence-electron chi connectivity index (χ1n) is 5.98. The molecular weight excluding hydrogens is 240 g/mol. The fraction of sp³-hybridized carbons (Fsp3) is 0.154. The Morgan fingerprint density at radius 3 is 2.84 bits per heavy atom. The monoisotopic (exact) mass is 254 g/mol. The van der Waals surface area contributed by atoms with Gasteiger partial charge in [-0.2, -0.15) is 5.10 Å². The van der Waals surface area contributed by atoms with Gasteiger partial charge in [-0.05, 0) is 19.1 Å². The van der Waals surface area contributed by atoms with Crippen molar-refractivity contribution in [2.24, 2.45) is 0 Å². The predicted octanol–water partition coefficient (Wildman–Crippen LogP) is 1.86. The van der Waals surface area contributed by atoms with Crippen molar-refractivity contribution >= 4 is 5.82 Å². The van der Waals surface area contributed by atoms with Crippen LogP contribution in [0.3, 0.4) is 0 Å². The summed E-state index contributed by atoms with van der Waals surface area (Å²) in [7, 11) is 0. The second-order valence-corrected chi connectivity index (χ2v) is 4.37. The predicted molar refractivity (Wildman–Crippen MR) is 72.3 cm³/mol. The summed E-state index contributed by atoms with van der Waals surface area (Å²) in [4.78, 5) is 8.34. The van der Waals surface area contributed by atoms with Crippen LogP contribution in [-0.2, 0) is 0 Å². The summed E-state index contributed by atoms with van der Waals surface area (Å²) >= 11 is 0. The number of hydrogen-bond acceptors (Lipinski definition) is 4. The zero-order chi connectivity index (χ0) is 13.2. The van der Waals surface area contributed by atoms with Gasteiger partial charge in [0.2, 0.25) is 0 Å². The molecule has 1 atom stereocenters. The highest BCUT2D eigenvalue weighted by Crippen LogP contribution is 2.25. The molecule has 6 nitrogen and oxygen atoms in total. The number of nitrogens with two attached hydrogens (primary N) is 1. The zero-order valence-corrected chi connectivity index (χ0v) is 10.5. The molecule has 3 N–H and O–H groups in total. The van der Waals surface area contributed by atoms with Crippen molar-refractivity contribution in [3.05, 3.63) is 48.8 Å². The number of hydrogen-bond donors (Lipinski definition) is 2. The van der Waals surface area contributed by atoms with Gasteiger partial charge in [-0.1, -0.05) is 0 Å². The molecule has 6 heteroatoms. The Morgan fingerprint density at radius 1 is 1.26 bits per heavy atom. The Morgan fingerprint density at radius 2 is 2.16 bits per heavy atom. The summed E-state index contributed by atoms with van der Waals surface area (Å²) in [6, 6.07) is 3.88. The first kappa shape index (κ1) is 11.5. The van der Waals surface area contributed by atoms with E-state index in [0.29, 0.717) is 5.82 Å². The summed E-state index contributed by atoms with van der Waals surface area (Å²) < 4.78 is 2.08. The Bertz CT molecular complexity index is 653. The fourth-order valence-corrected chi connectivity index (χ4v) is 2.04. The molecule has 3 rings (SSSR count). The highest BCUT2D eigenvalue weighted by Gasteiger charge is 2.13. The van der Waals surface area contributed by atoms with Gasteiger partial charge in [-0.15, -0.1) is 0 Å². The Kier molecular flexibility index (Phi) is 2.75. The summed E-state index contributed by atoms with van der Waals surface area (Å²) in [6.07, 6.45) is 9.09.